The summed E-state index contributed by atoms with van der Waals surface area (Å²) in [5, 5.41) is 3.37. The molecule has 2 heterocycles. The molecule has 6 nitrogen and oxygen atoms in total. The fourth-order valence-electron chi connectivity index (χ4n) is 4.14. The first-order chi connectivity index (χ1) is 15.8. The Labute approximate surface area is 197 Å². The van der Waals surface area contributed by atoms with E-state index in [0.29, 0.717) is 17.2 Å². The number of rotatable bonds is 4. The Morgan fingerprint density at radius 1 is 1.00 bits per heavy atom. The van der Waals surface area contributed by atoms with Crippen LogP contribution in [0.3, 0.4) is 0 Å². The number of para-hydroxylation sites is 1. The van der Waals surface area contributed by atoms with Crippen molar-refractivity contribution >= 4 is 48.3 Å². The average molecular weight is 478 g/mol. The number of hydrogen-bond acceptors (Lipinski definition) is 5. The van der Waals surface area contributed by atoms with Gasteiger partial charge in [0.2, 0.25) is 0 Å². The van der Waals surface area contributed by atoms with Gasteiger partial charge in [-0.25, -0.2) is 13.4 Å². The van der Waals surface area contributed by atoms with Gasteiger partial charge in [0.15, 0.2) is 5.13 Å². The summed E-state index contributed by atoms with van der Waals surface area (Å²) in [6, 6.07) is 17.7. The number of nitrogens with zero attached hydrogens (tertiary/aromatic N) is 2. The Morgan fingerprint density at radius 3 is 2.48 bits per heavy atom. The number of aromatic nitrogens is 1. The topological polar surface area (TPSA) is 79.4 Å². The van der Waals surface area contributed by atoms with Crippen molar-refractivity contribution in [3.8, 4) is 0 Å². The van der Waals surface area contributed by atoms with Gasteiger partial charge < -0.3 is 0 Å². The van der Waals surface area contributed by atoms with Gasteiger partial charge >= 0.3 is 0 Å². The number of amides is 1. The highest BCUT2D eigenvalue weighted by atomic mass is 32.2. The zero-order valence-electron chi connectivity index (χ0n) is 18.3. The molecule has 4 aromatic rings. The summed E-state index contributed by atoms with van der Waals surface area (Å²) in [7, 11) is -3.71. The average Bonchev–Trinajstić information content (AvgIpc) is 3.26. The van der Waals surface area contributed by atoms with E-state index >= 15 is 0 Å². The first kappa shape index (κ1) is 21.6. The van der Waals surface area contributed by atoms with Crippen molar-refractivity contribution in [1.82, 2.24) is 4.98 Å². The van der Waals surface area contributed by atoms with E-state index in [2.05, 4.69) is 10.3 Å². The first-order valence-corrected chi connectivity index (χ1v) is 13.0. The largest absolute Gasteiger partial charge is 0.298 e. The molecule has 0 saturated carbocycles. The molecular weight excluding hydrogens is 454 g/mol. The van der Waals surface area contributed by atoms with E-state index in [1.807, 2.05) is 50.2 Å². The lowest BCUT2D eigenvalue weighted by molar-refractivity contribution is 0.102. The lowest BCUT2D eigenvalue weighted by atomic mass is 10.0. The summed E-state index contributed by atoms with van der Waals surface area (Å²) in [4.78, 5) is 17.5. The molecule has 33 heavy (non-hydrogen) atoms. The molecule has 3 aromatic carbocycles. The van der Waals surface area contributed by atoms with Crippen LogP contribution in [-0.2, 0) is 16.4 Å². The monoisotopic (exact) mass is 477 g/mol. The summed E-state index contributed by atoms with van der Waals surface area (Å²) < 4.78 is 29.1. The van der Waals surface area contributed by atoms with Gasteiger partial charge in [-0.05, 0) is 73.7 Å². The van der Waals surface area contributed by atoms with E-state index in [1.54, 1.807) is 12.1 Å². The number of aryl methyl sites for hydroxylation is 3. The van der Waals surface area contributed by atoms with Crippen molar-refractivity contribution < 1.29 is 13.2 Å². The SMILES string of the molecule is Cc1ccc(C)c2sc(NC(=O)c3ccc(S(=O)(=O)N4CCCc5ccccc54)cc3)nc12. The number of anilines is 2. The van der Waals surface area contributed by atoms with E-state index in [0.717, 1.165) is 45.4 Å². The highest BCUT2D eigenvalue weighted by Crippen LogP contribution is 2.33. The van der Waals surface area contributed by atoms with Crippen molar-refractivity contribution in [2.75, 3.05) is 16.2 Å². The summed E-state index contributed by atoms with van der Waals surface area (Å²) in [6.45, 7) is 4.45. The first-order valence-electron chi connectivity index (χ1n) is 10.7. The maximum Gasteiger partial charge on any atom is 0.264 e. The van der Waals surface area contributed by atoms with Gasteiger partial charge in [0, 0.05) is 12.1 Å². The molecule has 5 rings (SSSR count). The molecule has 0 aliphatic carbocycles. The van der Waals surface area contributed by atoms with E-state index in [-0.39, 0.29) is 10.8 Å². The van der Waals surface area contributed by atoms with Gasteiger partial charge in [-0.1, -0.05) is 41.7 Å². The molecular formula is C25H23N3O3S2. The lowest BCUT2D eigenvalue weighted by Gasteiger charge is -2.30. The highest BCUT2D eigenvalue weighted by molar-refractivity contribution is 7.92. The van der Waals surface area contributed by atoms with Crippen LogP contribution < -0.4 is 9.62 Å². The van der Waals surface area contributed by atoms with Crippen molar-refractivity contribution in [3.05, 3.63) is 82.9 Å². The zero-order chi connectivity index (χ0) is 23.2. The number of carbonyl (C=O) groups excluding carboxylic acids is 1. The molecule has 0 fully saturated rings. The summed E-state index contributed by atoms with van der Waals surface area (Å²) in [5.74, 6) is -0.323. The minimum atomic E-state index is -3.71. The van der Waals surface area contributed by atoms with E-state index in [9.17, 15) is 13.2 Å². The molecule has 0 atom stereocenters. The predicted molar refractivity (Wildman–Crippen MR) is 133 cm³/mol. The smallest absolute Gasteiger partial charge is 0.264 e. The molecule has 1 N–H and O–H groups in total. The third kappa shape index (κ3) is 3.89. The number of benzene rings is 3. The molecule has 0 saturated heterocycles. The van der Waals surface area contributed by atoms with Crippen LogP contribution in [0.25, 0.3) is 10.2 Å². The van der Waals surface area contributed by atoms with Crippen molar-refractivity contribution in [3.63, 3.8) is 0 Å². The third-order valence-corrected chi connectivity index (χ3v) is 8.87. The second kappa shape index (κ2) is 8.28. The Morgan fingerprint density at radius 2 is 1.73 bits per heavy atom. The molecule has 1 aliphatic rings. The van der Waals surface area contributed by atoms with Crippen LogP contribution in [-0.4, -0.2) is 25.9 Å². The number of fused-ring (bicyclic) bond motifs is 2. The molecule has 8 heteroatoms. The fraction of sp³-hybridized carbons (Fsp3) is 0.200. The molecule has 1 aliphatic heterocycles. The van der Waals surface area contributed by atoms with Crippen molar-refractivity contribution in [2.45, 2.75) is 31.6 Å². The van der Waals surface area contributed by atoms with Crippen LogP contribution in [0, 0.1) is 13.8 Å². The van der Waals surface area contributed by atoms with Crippen LogP contribution in [0.1, 0.15) is 33.5 Å². The van der Waals surface area contributed by atoms with Gasteiger partial charge in [-0.3, -0.25) is 14.4 Å². The Kier molecular flexibility index (Phi) is 5.42. The third-order valence-electron chi connectivity index (χ3n) is 5.93. The molecule has 168 valence electrons. The molecule has 0 bridgehead atoms. The zero-order valence-corrected chi connectivity index (χ0v) is 20.0. The second-order valence-electron chi connectivity index (χ2n) is 8.18. The van der Waals surface area contributed by atoms with Crippen LogP contribution in [0.4, 0.5) is 10.8 Å². The highest BCUT2D eigenvalue weighted by Gasteiger charge is 2.29. The van der Waals surface area contributed by atoms with Crippen LogP contribution in [0.2, 0.25) is 0 Å². The maximum atomic E-state index is 13.3. The number of nitrogens with one attached hydrogen (secondary N) is 1. The Balaban J connectivity index is 1.38. The van der Waals surface area contributed by atoms with Gasteiger partial charge in [-0.15, -0.1) is 0 Å². The normalized spacial score (nSPS) is 13.7. The van der Waals surface area contributed by atoms with Crippen molar-refractivity contribution in [1.29, 1.82) is 0 Å². The Bertz CT molecular complexity index is 1440. The summed E-state index contributed by atoms with van der Waals surface area (Å²) in [6.07, 6.45) is 1.64. The fourth-order valence-corrected chi connectivity index (χ4v) is 6.68. The van der Waals surface area contributed by atoms with Crippen LogP contribution in [0.5, 0.6) is 0 Å². The number of hydrogen-bond donors (Lipinski definition) is 1. The Hall–Kier alpha value is -3.23. The maximum absolute atomic E-state index is 13.3. The quantitative estimate of drug-likeness (QED) is 0.432. The summed E-state index contributed by atoms with van der Waals surface area (Å²) >= 11 is 1.44. The van der Waals surface area contributed by atoms with E-state index in [1.165, 1.54) is 27.8 Å². The van der Waals surface area contributed by atoms with Gasteiger partial charge in [0.25, 0.3) is 15.9 Å². The van der Waals surface area contributed by atoms with Crippen molar-refractivity contribution in [2.24, 2.45) is 0 Å². The van der Waals surface area contributed by atoms with E-state index < -0.39 is 10.0 Å². The number of thiazole rings is 1. The standard InChI is InChI=1S/C25H23N3O3S2/c1-16-9-10-17(2)23-22(16)26-25(32-23)27-24(29)19-11-13-20(14-12-19)33(30,31)28-15-5-7-18-6-3-4-8-21(18)28/h3-4,6,8-14H,5,7,15H2,1-2H3,(H,26,27,29). The molecule has 0 radical (unpaired) electrons. The summed E-state index contributed by atoms with van der Waals surface area (Å²) in [5.41, 5.74) is 5.19. The molecule has 0 unspecified atom stereocenters. The molecule has 1 aromatic heterocycles. The lowest BCUT2D eigenvalue weighted by Crippen LogP contribution is -2.35. The van der Waals surface area contributed by atoms with Gasteiger partial charge in [-0.2, -0.15) is 0 Å². The minimum Gasteiger partial charge on any atom is -0.298 e. The van der Waals surface area contributed by atoms with Gasteiger partial charge in [0.1, 0.15) is 0 Å². The minimum absolute atomic E-state index is 0.169. The second-order valence-corrected chi connectivity index (χ2v) is 11.0. The van der Waals surface area contributed by atoms with Gasteiger partial charge in [0.05, 0.1) is 20.8 Å². The van der Waals surface area contributed by atoms with E-state index in [4.69, 9.17) is 0 Å². The number of carbonyl (C=O) groups is 1. The number of sulfonamides is 1. The molecule has 1 amide bonds. The van der Waals surface area contributed by atoms with Crippen LogP contribution >= 0.6 is 11.3 Å². The predicted octanol–water partition coefficient (Wildman–Crippen LogP) is 5.31. The molecule has 0 spiro atoms. The van der Waals surface area contributed by atoms with Crippen LogP contribution in [0.15, 0.2) is 65.6 Å².